The number of fused-ring (bicyclic) bond motifs is 1. The molecule has 118 valence electrons. The van der Waals surface area contributed by atoms with Gasteiger partial charge in [-0.1, -0.05) is 12.1 Å². The van der Waals surface area contributed by atoms with Gasteiger partial charge in [0.25, 0.3) is 0 Å². The van der Waals surface area contributed by atoms with Gasteiger partial charge < -0.3 is 4.74 Å². The van der Waals surface area contributed by atoms with Crippen LogP contribution in [0.4, 0.5) is 13.2 Å². The van der Waals surface area contributed by atoms with Crippen LogP contribution in [0.2, 0.25) is 0 Å². The molecule has 1 aromatic heterocycles. The topological polar surface area (TPSA) is 35.0 Å². The number of hydrogen-bond acceptors (Lipinski definition) is 4. The fourth-order valence-electron chi connectivity index (χ4n) is 2.08. The van der Waals surface area contributed by atoms with E-state index in [4.69, 9.17) is 0 Å². The van der Waals surface area contributed by atoms with E-state index in [1.165, 1.54) is 36.3 Å². The number of halogens is 3. The third kappa shape index (κ3) is 3.92. The number of benzene rings is 2. The first-order chi connectivity index (χ1) is 11.1. The van der Waals surface area contributed by atoms with Crippen LogP contribution in [0, 0.1) is 5.82 Å². The zero-order valence-corrected chi connectivity index (χ0v) is 12.6. The number of nitrogens with zero attached hydrogens (tertiary/aromatic N) is 2. The smallest absolute Gasteiger partial charge is 0.387 e. The molecule has 0 saturated carbocycles. The Morgan fingerprint density at radius 1 is 1.09 bits per heavy atom. The Labute approximate surface area is 134 Å². The first-order valence-electron chi connectivity index (χ1n) is 6.68. The van der Waals surface area contributed by atoms with Gasteiger partial charge in [0.15, 0.2) is 0 Å². The lowest BCUT2D eigenvalue weighted by Gasteiger charge is -2.07. The largest absolute Gasteiger partial charge is 0.435 e. The van der Waals surface area contributed by atoms with Crippen molar-refractivity contribution in [2.24, 2.45) is 0 Å². The van der Waals surface area contributed by atoms with Gasteiger partial charge in [0, 0.05) is 11.1 Å². The molecule has 3 nitrogen and oxygen atoms in total. The zero-order chi connectivity index (χ0) is 16.2. The molecule has 0 saturated heterocycles. The lowest BCUT2D eigenvalue weighted by atomic mass is 10.2. The van der Waals surface area contributed by atoms with Crippen molar-refractivity contribution >= 4 is 22.7 Å². The normalized spacial score (nSPS) is 11.1. The summed E-state index contributed by atoms with van der Waals surface area (Å²) in [7, 11) is 0. The van der Waals surface area contributed by atoms with Crippen LogP contribution >= 0.6 is 11.8 Å². The Hall–Kier alpha value is -2.28. The lowest BCUT2D eigenvalue weighted by Crippen LogP contribution is -2.01. The first-order valence-corrected chi connectivity index (χ1v) is 7.67. The predicted molar refractivity (Wildman–Crippen MR) is 82.1 cm³/mol. The second-order valence-electron chi connectivity index (χ2n) is 4.65. The Bertz CT molecular complexity index is 829. The van der Waals surface area contributed by atoms with E-state index in [-0.39, 0.29) is 11.6 Å². The van der Waals surface area contributed by atoms with Crippen molar-refractivity contribution in [3.63, 3.8) is 0 Å². The molecule has 0 amide bonds. The van der Waals surface area contributed by atoms with E-state index in [0.29, 0.717) is 21.7 Å². The third-order valence-electron chi connectivity index (χ3n) is 3.06. The summed E-state index contributed by atoms with van der Waals surface area (Å²) in [4.78, 5) is 8.26. The van der Waals surface area contributed by atoms with Crippen molar-refractivity contribution in [3.05, 3.63) is 60.2 Å². The predicted octanol–water partition coefficient (Wildman–Crippen LogP) is 4.66. The van der Waals surface area contributed by atoms with Crippen molar-refractivity contribution in [3.8, 4) is 5.75 Å². The molecular formula is C16H11F3N2OS. The molecule has 0 bridgehead atoms. The van der Waals surface area contributed by atoms with Crippen LogP contribution in [0.15, 0.2) is 53.8 Å². The van der Waals surface area contributed by atoms with Crippen LogP contribution in [0.3, 0.4) is 0 Å². The second-order valence-corrected chi connectivity index (χ2v) is 5.62. The van der Waals surface area contributed by atoms with E-state index in [9.17, 15) is 13.2 Å². The molecule has 3 rings (SSSR count). The van der Waals surface area contributed by atoms with Gasteiger partial charge in [0.05, 0.1) is 5.52 Å². The van der Waals surface area contributed by atoms with E-state index in [1.54, 1.807) is 24.3 Å². The average Bonchev–Trinajstić information content (AvgIpc) is 2.52. The maximum absolute atomic E-state index is 13.4. The summed E-state index contributed by atoms with van der Waals surface area (Å²) in [6.07, 6.45) is 1.42. The van der Waals surface area contributed by atoms with E-state index >= 15 is 0 Å². The van der Waals surface area contributed by atoms with Crippen molar-refractivity contribution in [2.45, 2.75) is 17.4 Å². The summed E-state index contributed by atoms with van der Waals surface area (Å²) in [5.41, 5.74) is 1.45. The highest BCUT2D eigenvalue weighted by Gasteiger charge is 2.08. The summed E-state index contributed by atoms with van der Waals surface area (Å²) in [5.74, 6) is 0.237. The van der Waals surface area contributed by atoms with Crippen molar-refractivity contribution in [2.75, 3.05) is 0 Å². The number of hydrogen-bond donors (Lipinski definition) is 0. The molecule has 23 heavy (non-hydrogen) atoms. The Morgan fingerprint density at radius 3 is 2.78 bits per heavy atom. The van der Waals surface area contributed by atoms with Crippen LogP contribution < -0.4 is 4.74 Å². The zero-order valence-electron chi connectivity index (χ0n) is 11.7. The van der Waals surface area contributed by atoms with E-state index in [1.807, 2.05) is 0 Å². The van der Waals surface area contributed by atoms with Gasteiger partial charge in [0.2, 0.25) is 0 Å². The quantitative estimate of drug-likeness (QED) is 0.501. The third-order valence-corrected chi connectivity index (χ3v) is 4.14. The van der Waals surface area contributed by atoms with Crippen molar-refractivity contribution < 1.29 is 17.9 Å². The lowest BCUT2D eigenvalue weighted by molar-refractivity contribution is -0.0498. The summed E-state index contributed by atoms with van der Waals surface area (Å²) in [6.45, 7) is -2.85. The van der Waals surface area contributed by atoms with Gasteiger partial charge in [-0.25, -0.2) is 14.4 Å². The number of thioether (sulfide) groups is 1. The summed E-state index contributed by atoms with van der Waals surface area (Å²) in [6, 6.07) is 10.8. The van der Waals surface area contributed by atoms with Crippen LogP contribution in [-0.4, -0.2) is 16.6 Å². The Balaban J connectivity index is 1.80. The molecule has 0 radical (unpaired) electrons. The van der Waals surface area contributed by atoms with Crippen LogP contribution in [-0.2, 0) is 5.75 Å². The Kier molecular flexibility index (Phi) is 4.66. The fraction of sp³-hybridized carbons (Fsp3) is 0.125. The van der Waals surface area contributed by atoms with Gasteiger partial charge in [-0.3, -0.25) is 0 Å². The SMILES string of the molecule is Fc1ccc2ncnc(SCc3cccc(OC(F)F)c3)c2c1. The van der Waals surface area contributed by atoms with Crippen molar-refractivity contribution in [1.82, 2.24) is 9.97 Å². The second kappa shape index (κ2) is 6.87. The summed E-state index contributed by atoms with van der Waals surface area (Å²) >= 11 is 1.38. The van der Waals surface area contributed by atoms with E-state index < -0.39 is 6.61 Å². The molecule has 0 aliphatic carbocycles. The van der Waals surface area contributed by atoms with Gasteiger partial charge in [-0.05, 0) is 35.9 Å². The molecular weight excluding hydrogens is 325 g/mol. The molecule has 0 aliphatic rings. The first kappa shape index (κ1) is 15.6. The highest BCUT2D eigenvalue weighted by Crippen LogP contribution is 2.29. The highest BCUT2D eigenvalue weighted by molar-refractivity contribution is 7.98. The molecule has 0 N–H and O–H groups in total. The minimum atomic E-state index is -2.85. The summed E-state index contributed by atoms with van der Waals surface area (Å²) < 4.78 is 42.2. The molecule has 7 heteroatoms. The fourth-order valence-corrected chi connectivity index (χ4v) is 3.01. The molecule has 3 aromatic rings. The summed E-state index contributed by atoms with van der Waals surface area (Å²) in [5, 5.41) is 1.26. The molecule has 0 fully saturated rings. The number of alkyl halides is 2. The maximum atomic E-state index is 13.4. The van der Waals surface area contributed by atoms with Gasteiger partial charge in [-0.2, -0.15) is 8.78 Å². The average molecular weight is 336 g/mol. The maximum Gasteiger partial charge on any atom is 0.387 e. The molecule has 0 aliphatic heterocycles. The molecule has 0 atom stereocenters. The molecule has 0 unspecified atom stereocenters. The van der Waals surface area contributed by atoms with Gasteiger partial charge >= 0.3 is 6.61 Å². The standard InChI is InChI=1S/C16H11F3N2OS/c17-11-4-5-14-13(7-11)15(21-9-20-14)23-8-10-2-1-3-12(6-10)22-16(18)19/h1-7,9,16H,8H2. The van der Waals surface area contributed by atoms with Crippen LogP contribution in [0.25, 0.3) is 10.9 Å². The molecule has 1 heterocycles. The molecule has 2 aromatic carbocycles. The number of rotatable bonds is 5. The minimum Gasteiger partial charge on any atom is -0.435 e. The highest BCUT2D eigenvalue weighted by atomic mass is 32.2. The van der Waals surface area contributed by atoms with Crippen molar-refractivity contribution in [1.29, 1.82) is 0 Å². The van der Waals surface area contributed by atoms with Gasteiger partial charge in [0.1, 0.15) is 22.9 Å². The Morgan fingerprint density at radius 2 is 1.96 bits per heavy atom. The van der Waals surface area contributed by atoms with E-state index in [2.05, 4.69) is 14.7 Å². The minimum absolute atomic E-state index is 0.108. The number of aromatic nitrogens is 2. The molecule has 0 spiro atoms. The van der Waals surface area contributed by atoms with Crippen LogP contribution in [0.1, 0.15) is 5.56 Å². The van der Waals surface area contributed by atoms with E-state index in [0.717, 1.165) is 5.56 Å². The van der Waals surface area contributed by atoms with Gasteiger partial charge in [-0.15, -0.1) is 11.8 Å². The van der Waals surface area contributed by atoms with Crippen LogP contribution in [0.5, 0.6) is 5.75 Å². The monoisotopic (exact) mass is 336 g/mol. The number of ether oxygens (including phenoxy) is 1.